The third-order valence-corrected chi connectivity index (χ3v) is 2.60. The molecule has 0 saturated heterocycles. The van der Waals surface area contributed by atoms with Gasteiger partial charge in [-0.1, -0.05) is 22.0 Å². The van der Waals surface area contributed by atoms with Gasteiger partial charge in [0.1, 0.15) is 6.29 Å². The molecule has 1 aromatic rings. The van der Waals surface area contributed by atoms with Crippen LogP contribution in [-0.2, 0) is 11.2 Å². The van der Waals surface area contributed by atoms with Gasteiger partial charge >= 0.3 is 0 Å². The Labute approximate surface area is 73.5 Å². The van der Waals surface area contributed by atoms with E-state index >= 15 is 0 Å². The van der Waals surface area contributed by atoms with Gasteiger partial charge in [0.25, 0.3) is 0 Å². The standard InChI is InChI=1S/C9H7BrO/c10-8-2-1-6-3-7(5-11)9(6)4-8/h1-2,4-5,7H,3H2. The molecule has 2 rings (SSSR count). The van der Waals surface area contributed by atoms with E-state index in [1.54, 1.807) is 0 Å². The molecule has 0 aliphatic heterocycles. The zero-order chi connectivity index (χ0) is 7.84. The molecular weight excluding hydrogens is 204 g/mol. The van der Waals surface area contributed by atoms with Crippen LogP contribution in [0.2, 0.25) is 0 Å². The first-order chi connectivity index (χ1) is 5.31. The molecule has 1 nitrogen and oxygen atoms in total. The largest absolute Gasteiger partial charge is 0.303 e. The zero-order valence-corrected chi connectivity index (χ0v) is 7.47. The number of halogens is 1. The molecule has 0 N–H and O–H groups in total. The summed E-state index contributed by atoms with van der Waals surface area (Å²) in [7, 11) is 0. The van der Waals surface area contributed by atoms with Gasteiger partial charge in [0.2, 0.25) is 0 Å². The van der Waals surface area contributed by atoms with Crippen LogP contribution < -0.4 is 0 Å². The van der Waals surface area contributed by atoms with E-state index in [2.05, 4.69) is 22.0 Å². The Morgan fingerprint density at radius 1 is 1.55 bits per heavy atom. The Kier molecular flexibility index (Phi) is 1.57. The summed E-state index contributed by atoms with van der Waals surface area (Å²) >= 11 is 3.37. The Bertz CT molecular complexity index is 306. The maximum Gasteiger partial charge on any atom is 0.127 e. The summed E-state index contributed by atoms with van der Waals surface area (Å²) in [6.07, 6.45) is 1.95. The van der Waals surface area contributed by atoms with Crippen molar-refractivity contribution in [1.29, 1.82) is 0 Å². The van der Waals surface area contributed by atoms with Gasteiger partial charge in [-0.2, -0.15) is 0 Å². The maximum atomic E-state index is 10.4. The molecule has 0 fully saturated rings. The zero-order valence-electron chi connectivity index (χ0n) is 5.88. The van der Waals surface area contributed by atoms with Crippen molar-refractivity contribution in [3.8, 4) is 0 Å². The number of benzene rings is 1. The molecular formula is C9H7BrO. The second-order valence-corrected chi connectivity index (χ2v) is 3.71. The van der Waals surface area contributed by atoms with Crippen LogP contribution in [0.4, 0.5) is 0 Å². The van der Waals surface area contributed by atoms with E-state index in [-0.39, 0.29) is 5.92 Å². The van der Waals surface area contributed by atoms with E-state index in [1.807, 2.05) is 12.1 Å². The third kappa shape index (κ3) is 1.02. The van der Waals surface area contributed by atoms with Crippen LogP contribution in [0.1, 0.15) is 17.0 Å². The van der Waals surface area contributed by atoms with E-state index in [9.17, 15) is 4.79 Å². The first kappa shape index (κ1) is 7.04. The molecule has 1 aliphatic carbocycles. The molecule has 1 aromatic carbocycles. The van der Waals surface area contributed by atoms with Gasteiger partial charge in [0, 0.05) is 10.4 Å². The number of hydrogen-bond donors (Lipinski definition) is 0. The van der Waals surface area contributed by atoms with Gasteiger partial charge in [-0.15, -0.1) is 0 Å². The molecule has 0 bridgehead atoms. The Morgan fingerprint density at radius 3 is 3.09 bits per heavy atom. The molecule has 0 radical (unpaired) electrons. The normalized spacial score (nSPS) is 20.3. The van der Waals surface area contributed by atoms with Gasteiger partial charge < -0.3 is 4.79 Å². The average Bonchev–Trinajstić information content (AvgIpc) is 1.97. The number of hydrogen-bond acceptors (Lipinski definition) is 1. The number of fused-ring (bicyclic) bond motifs is 1. The molecule has 0 amide bonds. The number of aldehydes is 1. The van der Waals surface area contributed by atoms with Crippen molar-refractivity contribution in [3.63, 3.8) is 0 Å². The van der Waals surface area contributed by atoms with Gasteiger partial charge in [0.05, 0.1) is 0 Å². The monoisotopic (exact) mass is 210 g/mol. The minimum atomic E-state index is 0.155. The number of carbonyl (C=O) groups is 1. The fraction of sp³-hybridized carbons (Fsp3) is 0.222. The van der Waals surface area contributed by atoms with E-state index in [0.29, 0.717) is 0 Å². The topological polar surface area (TPSA) is 17.1 Å². The van der Waals surface area contributed by atoms with Crippen LogP contribution in [-0.4, -0.2) is 6.29 Å². The van der Waals surface area contributed by atoms with Crippen LogP contribution in [0.25, 0.3) is 0 Å². The Morgan fingerprint density at radius 2 is 2.36 bits per heavy atom. The van der Waals surface area contributed by atoms with Crippen molar-refractivity contribution in [2.45, 2.75) is 12.3 Å². The van der Waals surface area contributed by atoms with Crippen LogP contribution in [0.3, 0.4) is 0 Å². The molecule has 1 unspecified atom stereocenters. The average molecular weight is 211 g/mol. The predicted octanol–water partition coefficient (Wildman–Crippen LogP) is 2.29. The fourth-order valence-electron chi connectivity index (χ4n) is 1.43. The first-order valence-electron chi connectivity index (χ1n) is 3.55. The summed E-state index contributed by atoms with van der Waals surface area (Å²) in [5, 5.41) is 0. The molecule has 56 valence electrons. The number of rotatable bonds is 1. The van der Waals surface area contributed by atoms with Crippen LogP contribution >= 0.6 is 15.9 Å². The Hall–Kier alpha value is -0.630. The molecule has 1 atom stereocenters. The van der Waals surface area contributed by atoms with E-state index in [1.165, 1.54) is 11.1 Å². The first-order valence-corrected chi connectivity index (χ1v) is 4.34. The van der Waals surface area contributed by atoms with E-state index < -0.39 is 0 Å². The second-order valence-electron chi connectivity index (χ2n) is 2.79. The summed E-state index contributed by atoms with van der Waals surface area (Å²) in [6.45, 7) is 0. The van der Waals surface area contributed by atoms with Crippen molar-refractivity contribution in [3.05, 3.63) is 33.8 Å². The van der Waals surface area contributed by atoms with Gasteiger partial charge in [-0.25, -0.2) is 0 Å². The van der Waals surface area contributed by atoms with Crippen molar-refractivity contribution < 1.29 is 4.79 Å². The summed E-state index contributed by atoms with van der Waals surface area (Å²) in [6, 6.07) is 6.11. The lowest BCUT2D eigenvalue weighted by Gasteiger charge is -2.25. The molecule has 0 spiro atoms. The molecule has 0 aromatic heterocycles. The number of carbonyl (C=O) groups excluding carboxylic acids is 1. The minimum absolute atomic E-state index is 0.155. The highest BCUT2D eigenvalue weighted by molar-refractivity contribution is 9.10. The van der Waals surface area contributed by atoms with Crippen molar-refractivity contribution in [1.82, 2.24) is 0 Å². The molecule has 1 aliphatic rings. The third-order valence-electron chi connectivity index (χ3n) is 2.11. The smallest absolute Gasteiger partial charge is 0.127 e. The van der Waals surface area contributed by atoms with Crippen molar-refractivity contribution in [2.75, 3.05) is 0 Å². The van der Waals surface area contributed by atoms with Gasteiger partial charge in [-0.3, -0.25) is 0 Å². The highest BCUT2D eigenvalue weighted by Gasteiger charge is 2.24. The minimum Gasteiger partial charge on any atom is -0.303 e. The van der Waals surface area contributed by atoms with Crippen LogP contribution in [0.5, 0.6) is 0 Å². The maximum absolute atomic E-state index is 10.4. The predicted molar refractivity (Wildman–Crippen MR) is 46.7 cm³/mol. The van der Waals surface area contributed by atoms with E-state index in [0.717, 1.165) is 17.2 Å². The Balaban J connectivity index is 2.44. The lowest BCUT2D eigenvalue weighted by atomic mass is 9.79. The summed E-state index contributed by atoms with van der Waals surface area (Å²) < 4.78 is 1.06. The van der Waals surface area contributed by atoms with Gasteiger partial charge in [0.15, 0.2) is 0 Å². The lowest BCUT2D eigenvalue weighted by molar-refractivity contribution is -0.109. The van der Waals surface area contributed by atoms with Crippen LogP contribution in [0, 0.1) is 0 Å². The van der Waals surface area contributed by atoms with Gasteiger partial charge in [-0.05, 0) is 29.7 Å². The summed E-state index contributed by atoms with van der Waals surface area (Å²) in [4.78, 5) is 10.4. The SMILES string of the molecule is O=CC1Cc2ccc(Br)cc21. The quantitative estimate of drug-likeness (QED) is 0.651. The molecule has 0 saturated carbocycles. The summed E-state index contributed by atoms with van der Waals surface area (Å²) in [5.74, 6) is 0.155. The molecule has 2 heteroatoms. The summed E-state index contributed by atoms with van der Waals surface area (Å²) in [5.41, 5.74) is 2.50. The van der Waals surface area contributed by atoms with Crippen molar-refractivity contribution in [2.24, 2.45) is 0 Å². The van der Waals surface area contributed by atoms with E-state index in [4.69, 9.17) is 0 Å². The lowest BCUT2D eigenvalue weighted by Crippen LogP contribution is -2.17. The molecule has 0 heterocycles. The van der Waals surface area contributed by atoms with Crippen molar-refractivity contribution >= 4 is 22.2 Å². The highest BCUT2D eigenvalue weighted by atomic mass is 79.9. The fourth-order valence-corrected chi connectivity index (χ4v) is 1.81. The second kappa shape index (κ2) is 2.45. The van der Waals surface area contributed by atoms with Crippen LogP contribution in [0.15, 0.2) is 22.7 Å². The highest BCUT2D eigenvalue weighted by Crippen LogP contribution is 2.35. The molecule has 11 heavy (non-hydrogen) atoms.